The number of nitrogens with zero attached hydrogens (tertiary/aromatic N) is 2. The van der Waals surface area contributed by atoms with E-state index >= 15 is 0 Å². The first-order valence-electron chi connectivity index (χ1n) is 5.64. The molecule has 0 amide bonds. The Balaban J connectivity index is 1.86. The van der Waals surface area contributed by atoms with Crippen molar-refractivity contribution < 1.29 is 4.74 Å². The number of ether oxygens (including phenoxy) is 1. The summed E-state index contributed by atoms with van der Waals surface area (Å²) in [6, 6.07) is 3.89. The number of aromatic nitrogens is 1. The van der Waals surface area contributed by atoms with Gasteiger partial charge in [0, 0.05) is 31.8 Å². The average molecular weight is 219 g/mol. The minimum Gasteiger partial charge on any atom is -0.481 e. The fourth-order valence-electron chi connectivity index (χ4n) is 1.68. The highest BCUT2D eigenvalue weighted by atomic mass is 16.5. The van der Waals surface area contributed by atoms with Crippen LogP contribution in [0.2, 0.25) is 0 Å². The van der Waals surface area contributed by atoms with Gasteiger partial charge in [-0.2, -0.15) is 0 Å². The smallest absolute Gasteiger partial charge is 0.212 e. The van der Waals surface area contributed by atoms with Crippen molar-refractivity contribution in [3.63, 3.8) is 0 Å². The van der Waals surface area contributed by atoms with Crippen molar-refractivity contribution in [2.75, 3.05) is 13.7 Å². The van der Waals surface area contributed by atoms with Crippen LogP contribution in [0.15, 0.2) is 23.3 Å². The molecule has 0 saturated carbocycles. The molecular formula is C12H17N3O. The summed E-state index contributed by atoms with van der Waals surface area (Å²) in [6.07, 6.45) is 5.36. The largest absolute Gasteiger partial charge is 0.481 e. The highest BCUT2D eigenvalue weighted by Crippen LogP contribution is 2.08. The van der Waals surface area contributed by atoms with Crippen molar-refractivity contribution in [1.29, 1.82) is 0 Å². The van der Waals surface area contributed by atoms with Crippen LogP contribution in [0.25, 0.3) is 0 Å². The number of nitrogens with one attached hydrogen (secondary N) is 1. The lowest BCUT2D eigenvalue weighted by atomic mass is 10.2. The first-order valence-corrected chi connectivity index (χ1v) is 5.64. The molecule has 0 fully saturated rings. The predicted octanol–water partition coefficient (Wildman–Crippen LogP) is 1.76. The molecular weight excluding hydrogens is 202 g/mol. The predicted molar refractivity (Wildman–Crippen MR) is 63.8 cm³/mol. The summed E-state index contributed by atoms with van der Waals surface area (Å²) in [5.74, 6) is 1.78. The summed E-state index contributed by atoms with van der Waals surface area (Å²) < 4.78 is 5.01. The fourth-order valence-corrected chi connectivity index (χ4v) is 1.68. The van der Waals surface area contributed by atoms with Crippen LogP contribution in [-0.2, 0) is 6.54 Å². The Kier molecular flexibility index (Phi) is 3.75. The van der Waals surface area contributed by atoms with Crippen LogP contribution in [-0.4, -0.2) is 24.5 Å². The van der Waals surface area contributed by atoms with Gasteiger partial charge in [-0.05, 0) is 18.4 Å². The van der Waals surface area contributed by atoms with Gasteiger partial charge in [0.25, 0.3) is 0 Å². The summed E-state index contributed by atoms with van der Waals surface area (Å²) in [4.78, 5) is 8.60. The molecule has 1 aliphatic heterocycles. The van der Waals surface area contributed by atoms with Crippen LogP contribution in [0.5, 0.6) is 5.88 Å². The van der Waals surface area contributed by atoms with E-state index in [1.807, 2.05) is 18.3 Å². The number of aliphatic imine (C=N–C) groups is 1. The van der Waals surface area contributed by atoms with Gasteiger partial charge >= 0.3 is 0 Å². The summed E-state index contributed by atoms with van der Waals surface area (Å²) in [5.41, 5.74) is 1.15. The van der Waals surface area contributed by atoms with Crippen molar-refractivity contribution >= 4 is 5.84 Å². The van der Waals surface area contributed by atoms with Gasteiger partial charge in [0.2, 0.25) is 5.88 Å². The molecule has 1 aromatic heterocycles. The molecule has 4 nitrogen and oxygen atoms in total. The molecule has 86 valence electrons. The second-order valence-electron chi connectivity index (χ2n) is 3.85. The maximum absolute atomic E-state index is 5.01. The Bertz CT molecular complexity index is 359. The van der Waals surface area contributed by atoms with Crippen LogP contribution < -0.4 is 10.1 Å². The number of methoxy groups -OCH3 is 1. The molecule has 0 bridgehead atoms. The molecule has 16 heavy (non-hydrogen) atoms. The molecule has 1 N–H and O–H groups in total. The molecule has 2 rings (SSSR count). The van der Waals surface area contributed by atoms with E-state index in [9.17, 15) is 0 Å². The Labute approximate surface area is 95.8 Å². The molecule has 0 saturated heterocycles. The van der Waals surface area contributed by atoms with E-state index in [0.717, 1.165) is 30.9 Å². The van der Waals surface area contributed by atoms with Crippen LogP contribution in [0.1, 0.15) is 24.8 Å². The van der Waals surface area contributed by atoms with Gasteiger partial charge < -0.3 is 10.1 Å². The zero-order valence-corrected chi connectivity index (χ0v) is 9.57. The van der Waals surface area contributed by atoms with Crippen molar-refractivity contribution in [2.45, 2.75) is 25.8 Å². The number of amidine groups is 1. The van der Waals surface area contributed by atoms with Crippen LogP contribution in [0, 0.1) is 0 Å². The summed E-state index contributed by atoms with van der Waals surface area (Å²) in [7, 11) is 1.62. The van der Waals surface area contributed by atoms with Crippen molar-refractivity contribution in [2.24, 2.45) is 4.99 Å². The zero-order chi connectivity index (χ0) is 11.2. The van der Waals surface area contributed by atoms with E-state index in [0.29, 0.717) is 5.88 Å². The van der Waals surface area contributed by atoms with Gasteiger partial charge in [-0.15, -0.1) is 0 Å². The standard InChI is InChI=1S/C12H17N3O/c1-16-12-6-5-10(9-15-12)8-14-11-4-2-3-7-13-11/h5-6,9H,2-4,7-8H2,1H3,(H,13,14). The normalized spacial score (nSPS) is 15.4. The highest BCUT2D eigenvalue weighted by molar-refractivity contribution is 5.82. The third-order valence-electron chi connectivity index (χ3n) is 2.63. The maximum Gasteiger partial charge on any atom is 0.212 e. The first-order chi connectivity index (χ1) is 7.88. The lowest BCUT2D eigenvalue weighted by molar-refractivity contribution is 0.397. The van der Waals surface area contributed by atoms with Crippen LogP contribution in [0.4, 0.5) is 0 Å². The minimum atomic E-state index is 0.652. The average Bonchev–Trinajstić information content (AvgIpc) is 2.38. The van der Waals surface area contributed by atoms with Gasteiger partial charge in [0.15, 0.2) is 0 Å². The number of rotatable bonds is 3. The SMILES string of the molecule is COc1ccc(CNC2=NCCCC2)cn1. The Morgan fingerprint density at radius 3 is 2.94 bits per heavy atom. The Hall–Kier alpha value is -1.58. The number of hydrogen-bond donors (Lipinski definition) is 1. The van der Waals surface area contributed by atoms with E-state index in [1.165, 1.54) is 12.8 Å². The molecule has 4 heteroatoms. The first kappa shape index (κ1) is 10.9. The number of pyridine rings is 1. The van der Waals surface area contributed by atoms with Crippen LogP contribution in [0.3, 0.4) is 0 Å². The van der Waals surface area contributed by atoms with E-state index in [-0.39, 0.29) is 0 Å². The third kappa shape index (κ3) is 2.95. The van der Waals surface area contributed by atoms with Gasteiger partial charge in [-0.1, -0.05) is 6.07 Å². The minimum absolute atomic E-state index is 0.652. The van der Waals surface area contributed by atoms with Crippen molar-refractivity contribution in [1.82, 2.24) is 10.3 Å². The highest BCUT2D eigenvalue weighted by Gasteiger charge is 2.04. The van der Waals surface area contributed by atoms with Gasteiger partial charge in [0.1, 0.15) is 0 Å². The summed E-state index contributed by atoms with van der Waals surface area (Å²) >= 11 is 0. The van der Waals surface area contributed by atoms with Gasteiger partial charge in [0.05, 0.1) is 12.9 Å². The van der Waals surface area contributed by atoms with Crippen LogP contribution >= 0.6 is 0 Å². The maximum atomic E-state index is 5.01. The van der Waals surface area contributed by atoms with E-state index in [2.05, 4.69) is 15.3 Å². The molecule has 0 unspecified atom stereocenters. The lowest BCUT2D eigenvalue weighted by Gasteiger charge is -2.13. The molecule has 0 spiro atoms. The quantitative estimate of drug-likeness (QED) is 0.842. The molecule has 0 atom stereocenters. The molecule has 2 heterocycles. The molecule has 0 aliphatic carbocycles. The lowest BCUT2D eigenvalue weighted by Crippen LogP contribution is -2.25. The van der Waals surface area contributed by atoms with Crippen molar-refractivity contribution in [3.8, 4) is 5.88 Å². The van der Waals surface area contributed by atoms with E-state index < -0.39 is 0 Å². The summed E-state index contributed by atoms with van der Waals surface area (Å²) in [5, 5.41) is 3.34. The topological polar surface area (TPSA) is 46.5 Å². The van der Waals surface area contributed by atoms with E-state index in [4.69, 9.17) is 4.74 Å². The fraction of sp³-hybridized carbons (Fsp3) is 0.500. The number of hydrogen-bond acceptors (Lipinski definition) is 4. The molecule has 0 radical (unpaired) electrons. The van der Waals surface area contributed by atoms with Crippen molar-refractivity contribution in [3.05, 3.63) is 23.9 Å². The molecule has 1 aliphatic rings. The Morgan fingerprint density at radius 2 is 2.31 bits per heavy atom. The second-order valence-corrected chi connectivity index (χ2v) is 3.85. The second kappa shape index (κ2) is 5.49. The van der Waals surface area contributed by atoms with Gasteiger partial charge in [-0.25, -0.2) is 4.98 Å². The van der Waals surface area contributed by atoms with E-state index in [1.54, 1.807) is 7.11 Å². The zero-order valence-electron chi connectivity index (χ0n) is 9.57. The third-order valence-corrected chi connectivity index (χ3v) is 2.63. The molecule has 0 aromatic carbocycles. The molecule has 1 aromatic rings. The summed E-state index contributed by atoms with van der Waals surface area (Å²) in [6.45, 7) is 1.75. The van der Waals surface area contributed by atoms with Gasteiger partial charge in [-0.3, -0.25) is 4.99 Å². The monoisotopic (exact) mass is 219 g/mol. The Morgan fingerprint density at radius 1 is 1.38 bits per heavy atom.